The first-order valence-corrected chi connectivity index (χ1v) is 14.1. The molecule has 0 fully saturated rings. The van der Waals surface area contributed by atoms with E-state index < -0.39 is 6.09 Å². The van der Waals surface area contributed by atoms with E-state index in [-0.39, 0.29) is 19.1 Å². The highest BCUT2D eigenvalue weighted by Gasteiger charge is 2.02. The van der Waals surface area contributed by atoms with Gasteiger partial charge in [-0.2, -0.15) is 0 Å². The van der Waals surface area contributed by atoms with Crippen LogP contribution in [-0.4, -0.2) is 111 Å². The molecule has 0 heterocycles. The quantitative estimate of drug-likeness (QED) is 0.127. The van der Waals surface area contributed by atoms with Gasteiger partial charge in [0.05, 0.1) is 72.7 Å². The number of carbonyl (C=O) groups excluding carboxylic acids is 2. The number of nitrogens with one attached hydrogen (secondary N) is 2. The summed E-state index contributed by atoms with van der Waals surface area (Å²) < 4.78 is 37.5. The molecule has 0 saturated heterocycles. The molecule has 1 rings (SSSR count). The SMILES string of the molecule is NCCCCCCNC(=O)COCCOCCOCCOCCOCCOCCNC(=O)OCc1ccccc1. The number of carbonyl (C=O) groups is 2. The summed E-state index contributed by atoms with van der Waals surface area (Å²) in [7, 11) is 0. The molecule has 0 unspecified atom stereocenters. The van der Waals surface area contributed by atoms with Gasteiger partial charge in [-0.3, -0.25) is 4.79 Å². The van der Waals surface area contributed by atoms with Crippen molar-refractivity contribution in [3.8, 4) is 0 Å². The predicted molar refractivity (Wildman–Crippen MR) is 150 cm³/mol. The van der Waals surface area contributed by atoms with Crippen LogP contribution >= 0.6 is 0 Å². The fourth-order valence-electron chi connectivity index (χ4n) is 3.17. The Morgan fingerprint density at radius 1 is 0.600 bits per heavy atom. The lowest BCUT2D eigenvalue weighted by molar-refractivity contribution is -0.126. The molecule has 0 bridgehead atoms. The molecule has 40 heavy (non-hydrogen) atoms. The van der Waals surface area contributed by atoms with E-state index in [4.69, 9.17) is 38.9 Å². The lowest BCUT2D eigenvalue weighted by Crippen LogP contribution is -2.29. The Hall–Kier alpha value is -2.32. The zero-order valence-corrected chi connectivity index (χ0v) is 23.8. The molecule has 0 aliphatic rings. The predicted octanol–water partition coefficient (Wildman–Crippen LogP) is 1.65. The van der Waals surface area contributed by atoms with Crippen molar-refractivity contribution in [2.24, 2.45) is 5.73 Å². The van der Waals surface area contributed by atoms with Gasteiger partial charge in [-0.25, -0.2) is 4.79 Å². The van der Waals surface area contributed by atoms with Crippen molar-refractivity contribution in [2.45, 2.75) is 32.3 Å². The van der Waals surface area contributed by atoms with Crippen LogP contribution in [0, 0.1) is 0 Å². The number of rotatable bonds is 28. The van der Waals surface area contributed by atoms with Crippen molar-refractivity contribution in [1.82, 2.24) is 10.6 Å². The van der Waals surface area contributed by atoms with E-state index in [9.17, 15) is 9.59 Å². The van der Waals surface area contributed by atoms with Crippen LogP contribution < -0.4 is 16.4 Å². The number of alkyl carbamates (subject to hydrolysis) is 1. The van der Waals surface area contributed by atoms with Crippen LogP contribution in [0.5, 0.6) is 0 Å². The van der Waals surface area contributed by atoms with Gasteiger partial charge in [0.1, 0.15) is 13.2 Å². The molecule has 12 nitrogen and oxygen atoms in total. The van der Waals surface area contributed by atoms with Crippen molar-refractivity contribution < 1.29 is 42.7 Å². The molecular weight excluding hydrogens is 522 g/mol. The molecule has 0 aliphatic carbocycles. The molecule has 0 atom stereocenters. The van der Waals surface area contributed by atoms with Gasteiger partial charge in [-0.05, 0) is 24.9 Å². The van der Waals surface area contributed by atoms with Crippen LogP contribution in [0.25, 0.3) is 0 Å². The van der Waals surface area contributed by atoms with Crippen LogP contribution in [0.1, 0.15) is 31.2 Å². The second kappa shape index (κ2) is 28.2. The molecule has 0 radical (unpaired) electrons. The lowest BCUT2D eigenvalue weighted by atomic mass is 10.2. The normalized spacial score (nSPS) is 10.9. The minimum Gasteiger partial charge on any atom is -0.445 e. The van der Waals surface area contributed by atoms with Crippen LogP contribution in [0.4, 0.5) is 4.79 Å². The van der Waals surface area contributed by atoms with Gasteiger partial charge < -0.3 is 49.5 Å². The highest BCUT2D eigenvalue weighted by Crippen LogP contribution is 2.00. The Kier molecular flexibility index (Phi) is 25.2. The first kappa shape index (κ1) is 35.7. The fourth-order valence-corrected chi connectivity index (χ4v) is 3.17. The molecule has 4 N–H and O–H groups in total. The summed E-state index contributed by atoms with van der Waals surface area (Å²) in [6, 6.07) is 9.49. The molecule has 0 aliphatic heterocycles. The van der Waals surface area contributed by atoms with Crippen molar-refractivity contribution in [3.05, 3.63) is 35.9 Å². The second-order valence-electron chi connectivity index (χ2n) is 8.66. The maximum absolute atomic E-state index is 11.6. The second-order valence-corrected chi connectivity index (χ2v) is 8.66. The monoisotopic (exact) mass is 571 g/mol. The molecular formula is C28H49N3O9. The van der Waals surface area contributed by atoms with E-state index in [0.717, 1.165) is 37.8 Å². The Balaban J connectivity index is 1.70. The third kappa shape index (κ3) is 24.7. The number of ether oxygens (including phenoxy) is 7. The van der Waals surface area contributed by atoms with Crippen molar-refractivity contribution in [3.63, 3.8) is 0 Å². The average Bonchev–Trinajstić information content (AvgIpc) is 2.97. The third-order valence-corrected chi connectivity index (χ3v) is 5.27. The minimum atomic E-state index is -0.471. The zero-order valence-electron chi connectivity index (χ0n) is 23.8. The molecule has 1 aromatic carbocycles. The summed E-state index contributed by atoms with van der Waals surface area (Å²) in [5, 5.41) is 5.47. The number of nitrogens with two attached hydrogens (primary N) is 1. The molecule has 12 heteroatoms. The maximum atomic E-state index is 11.6. The summed E-state index contributed by atoms with van der Waals surface area (Å²) in [5.74, 6) is -0.107. The highest BCUT2D eigenvalue weighted by molar-refractivity contribution is 5.77. The first-order valence-electron chi connectivity index (χ1n) is 14.1. The van der Waals surface area contributed by atoms with Gasteiger partial charge in [0.2, 0.25) is 5.91 Å². The summed E-state index contributed by atoms with van der Waals surface area (Å²) in [6.07, 6.45) is 3.69. The minimum absolute atomic E-state index is 0.0438. The first-order chi connectivity index (χ1) is 19.7. The van der Waals surface area contributed by atoms with Gasteiger partial charge in [0, 0.05) is 13.1 Å². The van der Waals surface area contributed by atoms with Crippen molar-refractivity contribution in [1.29, 1.82) is 0 Å². The number of hydrogen-bond acceptors (Lipinski definition) is 10. The Morgan fingerprint density at radius 3 is 1.70 bits per heavy atom. The van der Waals surface area contributed by atoms with Crippen molar-refractivity contribution >= 4 is 12.0 Å². The van der Waals surface area contributed by atoms with E-state index in [1.165, 1.54) is 0 Å². The van der Waals surface area contributed by atoms with Crippen molar-refractivity contribution in [2.75, 3.05) is 98.9 Å². The van der Waals surface area contributed by atoms with Gasteiger partial charge in [0.15, 0.2) is 0 Å². The van der Waals surface area contributed by atoms with Crippen LogP contribution in [0.15, 0.2) is 30.3 Å². The number of hydrogen-bond donors (Lipinski definition) is 3. The van der Waals surface area contributed by atoms with Crippen LogP contribution in [0.3, 0.4) is 0 Å². The van der Waals surface area contributed by atoms with E-state index in [2.05, 4.69) is 10.6 Å². The van der Waals surface area contributed by atoms with E-state index in [1.807, 2.05) is 30.3 Å². The summed E-state index contributed by atoms with van der Waals surface area (Å²) in [6.45, 7) is 6.83. The van der Waals surface area contributed by atoms with Crippen LogP contribution in [-0.2, 0) is 44.6 Å². The van der Waals surface area contributed by atoms with E-state index in [0.29, 0.717) is 85.8 Å². The average molecular weight is 572 g/mol. The van der Waals surface area contributed by atoms with Gasteiger partial charge >= 0.3 is 6.09 Å². The number of benzene rings is 1. The topological polar surface area (TPSA) is 149 Å². The van der Waals surface area contributed by atoms with Gasteiger partial charge in [-0.1, -0.05) is 43.2 Å². The Labute approximate surface area is 238 Å². The molecule has 1 aromatic rings. The molecule has 0 aromatic heterocycles. The number of unbranched alkanes of at least 4 members (excludes halogenated alkanes) is 3. The Bertz CT molecular complexity index is 714. The zero-order chi connectivity index (χ0) is 28.8. The maximum Gasteiger partial charge on any atom is 0.407 e. The largest absolute Gasteiger partial charge is 0.445 e. The van der Waals surface area contributed by atoms with Gasteiger partial charge in [-0.15, -0.1) is 0 Å². The van der Waals surface area contributed by atoms with Gasteiger partial charge in [0.25, 0.3) is 0 Å². The smallest absolute Gasteiger partial charge is 0.407 e. The Morgan fingerprint density at radius 2 is 1.12 bits per heavy atom. The van der Waals surface area contributed by atoms with E-state index >= 15 is 0 Å². The number of amides is 2. The standard InChI is InChI=1S/C28H49N3O9/c29-10-6-1-2-7-11-30-27(32)25-39-23-22-38-21-20-37-19-18-36-17-16-35-15-14-34-13-12-31-28(33)40-24-26-8-4-3-5-9-26/h3-5,8-9H,1-2,6-7,10-25,29H2,(H,30,32)(H,31,33). The van der Waals surface area contributed by atoms with E-state index in [1.54, 1.807) is 0 Å². The lowest BCUT2D eigenvalue weighted by Gasteiger charge is -2.09. The summed E-state index contributed by atoms with van der Waals surface area (Å²) >= 11 is 0. The molecule has 230 valence electrons. The fraction of sp³-hybridized carbons (Fsp3) is 0.714. The third-order valence-electron chi connectivity index (χ3n) is 5.27. The van der Waals surface area contributed by atoms with Crippen LogP contribution in [0.2, 0.25) is 0 Å². The molecule has 0 saturated carbocycles. The summed E-state index contributed by atoms with van der Waals surface area (Å²) in [5.41, 5.74) is 6.38. The highest BCUT2D eigenvalue weighted by atomic mass is 16.6. The molecule has 2 amide bonds. The summed E-state index contributed by atoms with van der Waals surface area (Å²) in [4.78, 5) is 23.2. The molecule has 0 spiro atoms.